The molecule has 0 radical (unpaired) electrons. The molecule has 2 aliphatic rings. The predicted molar refractivity (Wildman–Crippen MR) is 90.1 cm³/mol. The summed E-state index contributed by atoms with van der Waals surface area (Å²) in [7, 11) is 0. The van der Waals surface area contributed by atoms with Gasteiger partial charge in [0.2, 0.25) is 0 Å². The van der Waals surface area contributed by atoms with Gasteiger partial charge in [-0.05, 0) is 38.3 Å². The Labute approximate surface area is 149 Å². The zero-order valence-corrected chi connectivity index (χ0v) is 14.3. The normalized spacial score (nSPS) is 17.8. The summed E-state index contributed by atoms with van der Waals surface area (Å²) in [5.41, 5.74) is 7.94. The Morgan fingerprint density at radius 2 is 1.96 bits per heavy atom. The van der Waals surface area contributed by atoms with Gasteiger partial charge < -0.3 is 19.7 Å². The van der Waals surface area contributed by atoms with Gasteiger partial charge >= 0.3 is 0 Å². The second kappa shape index (κ2) is 5.53. The molecule has 0 atom stereocenters. The van der Waals surface area contributed by atoms with E-state index in [9.17, 15) is 0 Å². The molecule has 3 heterocycles. The van der Waals surface area contributed by atoms with E-state index >= 15 is 0 Å². The molecule has 2 N–H and O–H groups in total. The SMILES string of the molecule is Cc1c(-c2nc(C3(N)CCC3)no2)nnn1-c1ccc2c(c1)OCCO2. The molecule has 0 spiro atoms. The lowest BCUT2D eigenvalue weighted by Gasteiger charge is -2.34. The van der Waals surface area contributed by atoms with Gasteiger partial charge in [-0.1, -0.05) is 10.4 Å². The third-order valence-corrected chi connectivity index (χ3v) is 4.98. The van der Waals surface area contributed by atoms with E-state index in [0.717, 1.165) is 36.4 Å². The van der Waals surface area contributed by atoms with Crippen molar-refractivity contribution in [1.82, 2.24) is 25.1 Å². The predicted octanol–water partition coefficient (Wildman–Crippen LogP) is 1.73. The van der Waals surface area contributed by atoms with Crippen molar-refractivity contribution in [3.8, 4) is 28.8 Å². The first-order valence-electron chi connectivity index (χ1n) is 8.60. The van der Waals surface area contributed by atoms with Crippen LogP contribution in [0.5, 0.6) is 11.5 Å². The third kappa shape index (κ3) is 2.27. The van der Waals surface area contributed by atoms with Gasteiger partial charge in [-0.15, -0.1) is 5.10 Å². The highest BCUT2D eigenvalue weighted by molar-refractivity contribution is 5.54. The summed E-state index contributed by atoms with van der Waals surface area (Å²) in [5.74, 6) is 2.29. The van der Waals surface area contributed by atoms with Gasteiger partial charge in [0.25, 0.3) is 5.89 Å². The quantitative estimate of drug-likeness (QED) is 0.756. The van der Waals surface area contributed by atoms with Gasteiger partial charge in [0.1, 0.15) is 13.2 Å². The van der Waals surface area contributed by atoms with E-state index in [-0.39, 0.29) is 0 Å². The number of ether oxygens (including phenoxy) is 2. The minimum absolute atomic E-state index is 0.331. The van der Waals surface area contributed by atoms with Crippen molar-refractivity contribution in [2.45, 2.75) is 31.7 Å². The fraction of sp³-hybridized carbons (Fsp3) is 0.412. The van der Waals surface area contributed by atoms with E-state index in [1.54, 1.807) is 4.68 Å². The number of fused-ring (bicyclic) bond motifs is 1. The number of nitrogens with two attached hydrogens (primary N) is 1. The minimum atomic E-state index is -0.471. The zero-order chi connectivity index (χ0) is 17.7. The lowest BCUT2D eigenvalue weighted by atomic mass is 9.77. The van der Waals surface area contributed by atoms with Crippen molar-refractivity contribution in [1.29, 1.82) is 0 Å². The first kappa shape index (κ1) is 15.3. The number of hydrogen-bond donors (Lipinski definition) is 1. The molecule has 5 rings (SSSR count). The molecule has 1 aliphatic carbocycles. The lowest BCUT2D eigenvalue weighted by Crippen LogP contribution is -2.44. The Balaban J connectivity index is 1.49. The Kier molecular flexibility index (Phi) is 3.26. The van der Waals surface area contributed by atoms with Crippen LogP contribution in [0, 0.1) is 6.92 Å². The molecule has 0 saturated heterocycles. The summed E-state index contributed by atoms with van der Waals surface area (Å²) >= 11 is 0. The van der Waals surface area contributed by atoms with E-state index in [0.29, 0.717) is 36.4 Å². The van der Waals surface area contributed by atoms with Gasteiger partial charge in [0.15, 0.2) is 23.0 Å². The molecule has 1 aromatic carbocycles. The summed E-state index contributed by atoms with van der Waals surface area (Å²) in [6, 6.07) is 5.65. The highest BCUT2D eigenvalue weighted by Crippen LogP contribution is 2.38. The molecule has 9 nitrogen and oxygen atoms in total. The molecule has 9 heteroatoms. The largest absolute Gasteiger partial charge is 0.486 e. The first-order valence-corrected chi connectivity index (χ1v) is 8.60. The Morgan fingerprint density at radius 3 is 2.73 bits per heavy atom. The van der Waals surface area contributed by atoms with Gasteiger partial charge in [-0.2, -0.15) is 4.98 Å². The molecule has 134 valence electrons. The minimum Gasteiger partial charge on any atom is -0.486 e. The van der Waals surface area contributed by atoms with Gasteiger partial charge in [-0.25, -0.2) is 4.68 Å². The summed E-state index contributed by atoms with van der Waals surface area (Å²) in [6.45, 7) is 2.99. The van der Waals surface area contributed by atoms with Crippen LogP contribution in [0.3, 0.4) is 0 Å². The highest BCUT2D eigenvalue weighted by Gasteiger charge is 2.39. The van der Waals surface area contributed by atoms with Gasteiger partial charge in [0.05, 0.1) is 16.9 Å². The van der Waals surface area contributed by atoms with E-state index in [1.165, 1.54) is 0 Å². The van der Waals surface area contributed by atoms with Crippen LogP contribution in [0.2, 0.25) is 0 Å². The van der Waals surface area contributed by atoms with Crippen molar-refractivity contribution >= 4 is 0 Å². The van der Waals surface area contributed by atoms with Crippen LogP contribution in [0.15, 0.2) is 22.7 Å². The molecule has 0 amide bonds. The number of rotatable bonds is 3. The van der Waals surface area contributed by atoms with Crippen molar-refractivity contribution in [3.05, 3.63) is 29.7 Å². The number of benzene rings is 1. The van der Waals surface area contributed by atoms with Crippen LogP contribution < -0.4 is 15.2 Å². The maximum Gasteiger partial charge on any atom is 0.280 e. The van der Waals surface area contributed by atoms with Crippen molar-refractivity contribution in [2.24, 2.45) is 5.73 Å². The van der Waals surface area contributed by atoms with E-state index in [4.69, 9.17) is 19.7 Å². The molecular weight excluding hydrogens is 336 g/mol. The maximum atomic E-state index is 6.26. The van der Waals surface area contributed by atoms with Crippen LogP contribution in [0.4, 0.5) is 0 Å². The van der Waals surface area contributed by atoms with E-state index in [2.05, 4.69) is 20.5 Å². The van der Waals surface area contributed by atoms with Crippen LogP contribution >= 0.6 is 0 Å². The molecule has 0 bridgehead atoms. The average molecular weight is 354 g/mol. The summed E-state index contributed by atoms with van der Waals surface area (Å²) in [5, 5.41) is 12.5. The van der Waals surface area contributed by atoms with Crippen LogP contribution in [-0.2, 0) is 5.54 Å². The van der Waals surface area contributed by atoms with Crippen molar-refractivity contribution in [2.75, 3.05) is 13.2 Å². The second-order valence-corrected chi connectivity index (χ2v) is 6.70. The fourth-order valence-corrected chi connectivity index (χ4v) is 3.24. The van der Waals surface area contributed by atoms with Crippen molar-refractivity contribution < 1.29 is 14.0 Å². The lowest BCUT2D eigenvalue weighted by molar-refractivity contribution is 0.171. The van der Waals surface area contributed by atoms with Gasteiger partial charge in [-0.3, -0.25) is 0 Å². The molecule has 0 unspecified atom stereocenters. The third-order valence-electron chi connectivity index (χ3n) is 4.98. The zero-order valence-electron chi connectivity index (χ0n) is 14.3. The van der Waals surface area contributed by atoms with Crippen LogP contribution in [-0.4, -0.2) is 38.3 Å². The topological polar surface area (TPSA) is 114 Å². The Morgan fingerprint density at radius 1 is 1.15 bits per heavy atom. The molecule has 2 aromatic heterocycles. The monoisotopic (exact) mass is 354 g/mol. The Hall–Kier alpha value is -2.94. The molecule has 1 fully saturated rings. The summed E-state index contributed by atoms with van der Waals surface area (Å²) in [4.78, 5) is 4.45. The van der Waals surface area contributed by atoms with Crippen LogP contribution in [0.1, 0.15) is 30.8 Å². The van der Waals surface area contributed by atoms with Gasteiger partial charge in [0, 0.05) is 6.07 Å². The van der Waals surface area contributed by atoms with Crippen LogP contribution in [0.25, 0.3) is 17.3 Å². The smallest absolute Gasteiger partial charge is 0.280 e. The summed E-state index contributed by atoms with van der Waals surface area (Å²) < 4.78 is 18.3. The molecule has 26 heavy (non-hydrogen) atoms. The standard InChI is InChI=1S/C17H18N6O3/c1-10-14(15-19-16(21-26-15)17(18)5-2-6-17)20-22-23(10)11-3-4-12-13(9-11)25-8-7-24-12/h3-4,9H,2,5-8,18H2,1H3. The fourth-order valence-electron chi connectivity index (χ4n) is 3.24. The average Bonchev–Trinajstić information content (AvgIpc) is 3.26. The van der Waals surface area contributed by atoms with E-state index < -0.39 is 5.54 Å². The number of aromatic nitrogens is 5. The second-order valence-electron chi connectivity index (χ2n) is 6.70. The van der Waals surface area contributed by atoms with Crippen molar-refractivity contribution in [3.63, 3.8) is 0 Å². The summed E-state index contributed by atoms with van der Waals surface area (Å²) in [6.07, 6.45) is 2.82. The molecule has 3 aromatic rings. The first-order chi connectivity index (χ1) is 12.6. The molecular formula is C17H18N6O3. The number of hydrogen-bond acceptors (Lipinski definition) is 8. The molecule has 1 saturated carbocycles. The molecule has 1 aliphatic heterocycles. The van der Waals surface area contributed by atoms with E-state index in [1.807, 2.05) is 25.1 Å². The Bertz CT molecular complexity index is 975. The number of nitrogens with zero attached hydrogens (tertiary/aromatic N) is 5. The maximum absolute atomic E-state index is 6.26. The highest BCUT2D eigenvalue weighted by atomic mass is 16.6.